The van der Waals surface area contributed by atoms with E-state index in [9.17, 15) is 9.59 Å². The van der Waals surface area contributed by atoms with Crippen molar-refractivity contribution in [3.8, 4) is 0 Å². The van der Waals surface area contributed by atoms with Gasteiger partial charge in [0.2, 0.25) is 0 Å². The maximum Gasteiger partial charge on any atom is 0.354 e. The lowest BCUT2D eigenvalue weighted by Gasteiger charge is -2.16. The lowest BCUT2D eigenvalue weighted by atomic mass is 9.98. The van der Waals surface area contributed by atoms with E-state index in [2.05, 4.69) is 29.5 Å². The van der Waals surface area contributed by atoms with Crippen molar-refractivity contribution in [1.82, 2.24) is 10.3 Å². The van der Waals surface area contributed by atoms with Gasteiger partial charge >= 0.3 is 12.0 Å². The van der Waals surface area contributed by atoms with E-state index in [1.165, 1.54) is 0 Å². The van der Waals surface area contributed by atoms with Crippen molar-refractivity contribution in [1.29, 1.82) is 0 Å². The molecule has 0 aliphatic carbocycles. The number of aromatic carboxylic acids is 1. The van der Waals surface area contributed by atoms with Gasteiger partial charge in [-0.1, -0.05) is 20.8 Å². The van der Waals surface area contributed by atoms with Crippen LogP contribution in [0.2, 0.25) is 0 Å². The third-order valence-electron chi connectivity index (χ3n) is 3.14. The topological polar surface area (TPSA) is 94.2 Å². The summed E-state index contributed by atoms with van der Waals surface area (Å²) in [6.45, 7) is 8.50. The average molecular weight is 267 g/mol. The largest absolute Gasteiger partial charge is 0.477 e. The Bertz CT molecular complexity index is 466. The van der Waals surface area contributed by atoms with E-state index in [4.69, 9.17) is 5.11 Å². The molecule has 4 N–H and O–H groups in total. The second kappa shape index (κ2) is 6.26. The van der Waals surface area contributed by atoms with Crippen LogP contribution in [0.25, 0.3) is 0 Å². The fraction of sp³-hybridized carbons (Fsp3) is 0.538. The molecule has 0 aliphatic rings. The minimum absolute atomic E-state index is 0.00967. The number of carbonyl (C=O) groups is 2. The molecule has 106 valence electrons. The Balaban J connectivity index is 2.60. The van der Waals surface area contributed by atoms with Crippen LogP contribution in [-0.4, -0.2) is 28.6 Å². The Morgan fingerprint density at radius 2 is 2.00 bits per heavy atom. The number of amides is 2. The predicted octanol–water partition coefficient (Wildman–Crippen LogP) is 2.43. The molecule has 1 aromatic rings. The first kappa shape index (κ1) is 15.1. The number of aromatic nitrogens is 1. The number of H-pyrrole nitrogens is 1. The van der Waals surface area contributed by atoms with Crippen molar-refractivity contribution < 1.29 is 14.7 Å². The number of hydrogen-bond acceptors (Lipinski definition) is 2. The molecular weight excluding hydrogens is 246 g/mol. The highest BCUT2D eigenvalue weighted by atomic mass is 16.4. The van der Waals surface area contributed by atoms with E-state index in [0.29, 0.717) is 24.1 Å². The van der Waals surface area contributed by atoms with Crippen molar-refractivity contribution in [3.05, 3.63) is 17.5 Å². The van der Waals surface area contributed by atoms with Gasteiger partial charge < -0.3 is 20.7 Å². The number of aromatic amines is 1. The standard InChI is InChI=1S/C13H21N3O3/c1-7(2)8(3)6-14-13(19)16-10-5-9(4)15-11(10)12(17)18/h5,7-8,15H,6H2,1-4H3,(H,17,18)(H2,14,16,19). The van der Waals surface area contributed by atoms with Gasteiger partial charge in [0.1, 0.15) is 5.69 Å². The van der Waals surface area contributed by atoms with Gasteiger partial charge in [-0.15, -0.1) is 0 Å². The number of carboxylic acid groups (broad SMARTS) is 1. The van der Waals surface area contributed by atoms with Gasteiger partial charge in [-0.3, -0.25) is 0 Å². The van der Waals surface area contributed by atoms with Crippen molar-refractivity contribution in [2.75, 3.05) is 11.9 Å². The van der Waals surface area contributed by atoms with Crippen LogP contribution in [0.1, 0.15) is 37.0 Å². The molecule has 0 bridgehead atoms. The molecule has 0 radical (unpaired) electrons. The van der Waals surface area contributed by atoms with Crippen LogP contribution in [-0.2, 0) is 0 Å². The lowest BCUT2D eigenvalue weighted by Crippen LogP contribution is -2.33. The van der Waals surface area contributed by atoms with Crippen molar-refractivity contribution >= 4 is 17.7 Å². The minimum Gasteiger partial charge on any atom is -0.477 e. The van der Waals surface area contributed by atoms with Crippen LogP contribution in [0.15, 0.2) is 6.07 Å². The fourth-order valence-electron chi connectivity index (χ4n) is 1.51. The Labute approximate surface area is 112 Å². The molecule has 0 saturated carbocycles. The van der Waals surface area contributed by atoms with E-state index in [-0.39, 0.29) is 11.4 Å². The van der Waals surface area contributed by atoms with Gasteiger partial charge in [0, 0.05) is 12.2 Å². The lowest BCUT2D eigenvalue weighted by molar-refractivity contribution is 0.0692. The zero-order valence-corrected chi connectivity index (χ0v) is 11.7. The van der Waals surface area contributed by atoms with Crippen molar-refractivity contribution in [2.45, 2.75) is 27.7 Å². The Hall–Kier alpha value is -1.98. The number of carbonyl (C=O) groups excluding carboxylic acids is 1. The molecule has 1 atom stereocenters. The van der Waals surface area contributed by atoms with Gasteiger partial charge in [0.15, 0.2) is 0 Å². The molecule has 0 aromatic carbocycles. The van der Waals surface area contributed by atoms with E-state index < -0.39 is 12.0 Å². The minimum atomic E-state index is -1.10. The van der Waals surface area contributed by atoms with Crippen LogP contribution in [0.3, 0.4) is 0 Å². The van der Waals surface area contributed by atoms with Gasteiger partial charge in [-0.05, 0) is 24.8 Å². The van der Waals surface area contributed by atoms with Crippen LogP contribution >= 0.6 is 0 Å². The molecule has 19 heavy (non-hydrogen) atoms. The summed E-state index contributed by atoms with van der Waals surface area (Å²) < 4.78 is 0. The third-order valence-corrected chi connectivity index (χ3v) is 3.14. The molecule has 6 heteroatoms. The number of anilines is 1. The summed E-state index contributed by atoms with van der Waals surface area (Å²) in [4.78, 5) is 25.4. The third kappa shape index (κ3) is 4.31. The van der Waals surface area contributed by atoms with Crippen molar-refractivity contribution in [3.63, 3.8) is 0 Å². The molecule has 0 saturated heterocycles. The molecule has 1 heterocycles. The van der Waals surface area contributed by atoms with Gasteiger partial charge in [-0.2, -0.15) is 0 Å². The monoisotopic (exact) mass is 267 g/mol. The molecule has 0 fully saturated rings. The van der Waals surface area contributed by atoms with E-state index in [0.717, 1.165) is 0 Å². The van der Waals surface area contributed by atoms with E-state index >= 15 is 0 Å². The van der Waals surface area contributed by atoms with Crippen LogP contribution in [0, 0.1) is 18.8 Å². The van der Waals surface area contributed by atoms with Gasteiger partial charge in [-0.25, -0.2) is 9.59 Å². The zero-order valence-electron chi connectivity index (χ0n) is 11.7. The summed E-state index contributed by atoms with van der Waals surface area (Å²) in [5, 5.41) is 14.3. The molecule has 0 aliphatic heterocycles. The summed E-state index contributed by atoms with van der Waals surface area (Å²) >= 11 is 0. The first-order chi connectivity index (χ1) is 8.81. The number of carboxylic acids is 1. The summed E-state index contributed by atoms with van der Waals surface area (Å²) in [6, 6.07) is 1.20. The van der Waals surface area contributed by atoms with Crippen LogP contribution < -0.4 is 10.6 Å². The summed E-state index contributed by atoms with van der Waals surface area (Å²) in [6.07, 6.45) is 0. The number of aryl methyl sites for hydroxylation is 1. The number of urea groups is 1. The highest BCUT2D eigenvalue weighted by molar-refractivity contribution is 5.99. The second-order valence-electron chi connectivity index (χ2n) is 5.10. The predicted molar refractivity (Wildman–Crippen MR) is 73.5 cm³/mol. The highest BCUT2D eigenvalue weighted by Gasteiger charge is 2.15. The van der Waals surface area contributed by atoms with E-state index in [1.807, 2.05) is 6.92 Å². The summed E-state index contributed by atoms with van der Waals surface area (Å²) in [5.41, 5.74) is 0.951. The molecule has 2 amide bonds. The molecule has 1 unspecified atom stereocenters. The molecule has 1 rings (SSSR count). The fourth-order valence-corrected chi connectivity index (χ4v) is 1.51. The first-order valence-electron chi connectivity index (χ1n) is 6.29. The van der Waals surface area contributed by atoms with Crippen molar-refractivity contribution in [2.24, 2.45) is 11.8 Å². The Morgan fingerprint density at radius 3 is 2.53 bits per heavy atom. The maximum absolute atomic E-state index is 11.7. The SMILES string of the molecule is Cc1cc(NC(=O)NCC(C)C(C)C)c(C(=O)O)[nH]1. The second-order valence-corrected chi connectivity index (χ2v) is 5.10. The zero-order chi connectivity index (χ0) is 14.6. The molecular formula is C13H21N3O3. The highest BCUT2D eigenvalue weighted by Crippen LogP contribution is 2.16. The number of hydrogen-bond donors (Lipinski definition) is 4. The molecule has 6 nitrogen and oxygen atoms in total. The Morgan fingerprint density at radius 1 is 1.37 bits per heavy atom. The van der Waals surface area contributed by atoms with E-state index in [1.54, 1.807) is 13.0 Å². The van der Waals surface area contributed by atoms with Crippen LogP contribution in [0.5, 0.6) is 0 Å². The normalized spacial score (nSPS) is 12.3. The summed E-state index contributed by atoms with van der Waals surface area (Å²) in [5.74, 6) is -0.263. The quantitative estimate of drug-likeness (QED) is 0.660. The van der Waals surface area contributed by atoms with Gasteiger partial charge in [0.25, 0.3) is 0 Å². The average Bonchev–Trinajstić information content (AvgIpc) is 2.67. The Kier molecular flexibility index (Phi) is 4.97. The number of rotatable bonds is 5. The van der Waals surface area contributed by atoms with Gasteiger partial charge in [0.05, 0.1) is 5.69 Å². The molecule has 0 spiro atoms. The smallest absolute Gasteiger partial charge is 0.354 e. The van der Waals surface area contributed by atoms with Crippen LogP contribution in [0.4, 0.5) is 10.5 Å². The first-order valence-corrected chi connectivity index (χ1v) is 6.29. The summed E-state index contributed by atoms with van der Waals surface area (Å²) in [7, 11) is 0. The molecule has 1 aromatic heterocycles. The maximum atomic E-state index is 11.7. The number of nitrogens with one attached hydrogen (secondary N) is 3.